The SMILES string of the molecule is c1cc(-c2ccc3c4c(ccc3c2)-c2c(c3ccccc3c3ccccc23)C42c3ccccc3-c3ccccc32)cc(-c2c3ccccc3c(-c3cccc4ccccc34)c3ccccc23)c1. The smallest absolute Gasteiger partial charge is 0.0619 e. The maximum absolute atomic E-state index is 2.44. The Morgan fingerprint density at radius 2 is 0.687 bits per heavy atom. The number of hydrogen-bond acceptors (Lipinski definition) is 0. The van der Waals surface area contributed by atoms with Crippen molar-refractivity contribution in [1.82, 2.24) is 0 Å². The van der Waals surface area contributed by atoms with Gasteiger partial charge in [-0.1, -0.05) is 231 Å². The average molecular weight is 845 g/mol. The van der Waals surface area contributed by atoms with Crippen LogP contribution in [0, 0.1) is 0 Å². The van der Waals surface area contributed by atoms with Crippen LogP contribution in [0.15, 0.2) is 243 Å². The van der Waals surface area contributed by atoms with Crippen molar-refractivity contribution in [3.8, 4) is 55.6 Å². The fourth-order valence-electron chi connectivity index (χ4n) is 12.9. The second-order valence-electron chi connectivity index (χ2n) is 18.6. The maximum atomic E-state index is 2.44. The zero-order valence-electron chi connectivity index (χ0n) is 36.6. The molecule has 2 aliphatic carbocycles. The molecule has 0 saturated carbocycles. The van der Waals surface area contributed by atoms with E-state index >= 15 is 0 Å². The molecule has 0 aliphatic heterocycles. The highest BCUT2D eigenvalue weighted by Gasteiger charge is 2.53. The third kappa shape index (κ3) is 4.86. The second kappa shape index (κ2) is 13.7. The van der Waals surface area contributed by atoms with Gasteiger partial charge in [0.05, 0.1) is 5.41 Å². The van der Waals surface area contributed by atoms with Crippen molar-refractivity contribution < 1.29 is 0 Å². The first-order valence-electron chi connectivity index (χ1n) is 23.5. The standard InChI is InChI=1S/C67H40/c1-2-21-46-41(17-1)18-16-32-52(46)63-56-29-8-6-27-54(56)62(55-28-7-9-30-57(55)63)45-20-15-19-42(40-45)43-35-37-47-44(39-43)36-38-59-64-53-26-5-3-22-48(53)49-23-4-10-31-58(49)66(64)67(65(47)59)60-33-13-11-24-50(60)51-25-12-14-34-61(51)67/h1-40H. The zero-order chi connectivity index (χ0) is 43.8. The van der Waals surface area contributed by atoms with E-state index in [-0.39, 0.29) is 0 Å². The lowest BCUT2D eigenvalue weighted by atomic mass is 9.68. The Morgan fingerprint density at radius 1 is 0.209 bits per heavy atom. The molecule has 0 saturated heterocycles. The minimum atomic E-state index is -0.497. The largest absolute Gasteiger partial charge is 0.0737 e. The third-order valence-electron chi connectivity index (χ3n) is 15.4. The van der Waals surface area contributed by atoms with Crippen molar-refractivity contribution in [2.24, 2.45) is 0 Å². The predicted molar refractivity (Wildman–Crippen MR) is 284 cm³/mol. The van der Waals surface area contributed by atoms with Gasteiger partial charge >= 0.3 is 0 Å². The van der Waals surface area contributed by atoms with Gasteiger partial charge in [0.2, 0.25) is 0 Å². The number of benzene rings is 13. The zero-order valence-corrected chi connectivity index (χ0v) is 36.6. The van der Waals surface area contributed by atoms with Crippen molar-refractivity contribution in [2.75, 3.05) is 0 Å². The van der Waals surface area contributed by atoms with E-state index in [0.29, 0.717) is 0 Å². The van der Waals surface area contributed by atoms with Crippen LogP contribution >= 0.6 is 0 Å². The molecular formula is C67H40. The van der Waals surface area contributed by atoms with Crippen LogP contribution in [0.5, 0.6) is 0 Å². The molecule has 0 radical (unpaired) electrons. The van der Waals surface area contributed by atoms with E-state index in [1.807, 2.05) is 0 Å². The lowest BCUT2D eigenvalue weighted by Crippen LogP contribution is -2.26. The first-order valence-corrected chi connectivity index (χ1v) is 23.5. The van der Waals surface area contributed by atoms with Crippen molar-refractivity contribution in [1.29, 1.82) is 0 Å². The summed E-state index contributed by atoms with van der Waals surface area (Å²) >= 11 is 0. The van der Waals surface area contributed by atoms with Crippen LogP contribution in [0.1, 0.15) is 22.3 Å². The Bertz CT molecular complexity index is 4170. The van der Waals surface area contributed by atoms with Crippen molar-refractivity contribution in [2.45, 2.75) is 5.41 Å². The van der Waals surface area contributed by atoms with Crippen LogP contribution < -0.4 is 0 Å². The summed E-state index contributed by atoms with van der Waals surface area (Å²) in [6.45, 7) is 0. The topological polar surface area (TPSA) is 0 Å². The fourth-order valence-corrected chi connectivity index (χ4v) is 12.9. The normalized spacial score (nSPS) is 13.2. The van der Waals surface area contributed by atoms with E-state index < -0.39 is 5.41 Å². The maximum Gasteiger partial charge on any atom is 0.0737 e. The molecule has 2 aliphatic rings. The Balaban J connectivity index is 0.964. The van der Waals surface area contributed by atoms with Gasteiger partial charge in [-0.25, -0.2) is 0 Å². The fraction of sp³-hybridized carbons (Fsp3) is 0.0149. The monoisotopic (exact) mass is 844 g/mol. The average Bonchev–Trinajstić information content (AvgIpc) is 3.88. The van der Waals surface area contributed by atoms with Gasteiger partial charge in [0.15, 0.2) is 0 Å². The van der Waals surface area contributed by atoms with Crippen molar-refractivity contribution >= 4 is 64.6 Å². The molecule has 0 N–H and O–H groups in total. The van der Waals surface area contributed by atoms with E-state index in [0.717, 1.165) is 0 Å². The van der Waals surface area contributed by atoms with Gasteiger partial charge in [0.1, 0.15) is 0 Å². The Kier molecular flexibility index (Phi) is 7.52. The van der Waals surface area contributed by atoms with Crippen LogP contribution in [0.2, 0.25) is 0 Å². The first-order chi connectivity index (χ1) is 33.3. The molecule has 13 aromatic carbocycles. The lowest BCUT2D eigenvalue weighted by molar-refractivity contribution is 0.809. The van der Waals surface area contributed by atoms with Gasteiger partial charge < -0.3 is 0 Å². The van der Waals surface area contributed by atoms with Crippen LogP contribution in [0.3, 0.4) is 0 Å². The second-order valence-corrected chi connectivity index (χ2v) is 18.6. The highest BCUT2D eigenvalue weighted by molar-refractivity contribution is 6.24. The molecular weight excluding hydrogens is 805 g/mol. The summed E-state index contributed by atoms with van der Waals surface area (Å²) in [4.78, 5) is 0. The van der Waals surface area contributed by atoms with Crippen molar-refractivity contribution in [3.63, 3.8) is 0 Å². The van der Waals surface area contributed by atoms with Crippen molar-refractivity contribution in [3.05, 3.63) is 265 Å². The number of hydrogen-bond donors (Lipinski definition) is 0. The third-order valence-corrected chi connectivity index (χ3v) is 15.4. The molecule has 15 rings (SSSR count). The lowest BCUT2D eigenvalue weighted by Gasteiger charge is -2.32. The Labute approximate surface area is 388 Å². The van der Waals surface area contributed by atoms with Gasteiger partial charge in [0, 0.05) is 0 Å². The summed E-state index contributed by atoms with van der Waals surface area (Å²) < 4.78 is 0. The highest BCUT2D eigenvalue weighted by Crippen LogP contribution is 2.66. The van der Waals surface area contributed by atoms with Gasteiger partial charge in [-0.2, -0.15) is 0 Å². The van der Waals surface area contributed by atoms with Crippen LogP contribution in [0.25, 0.3) is 120 Å². The number of fused-ring (bicyclic) bond motifs is 20. The van der Waals surface area contributed by atoms with E-state index in [9.17, 15) is 0 Å². The van der Waals surface area contributed by atoms with E-state index in [2.05, 4.69) is 243 Å². The van der Waals surface area contributed by atoms with Crippen LogP contribution in [-0.4, -0.2) is 0 Å². The summed E-state index contributed by atoms with van der Waals surface area (Å²) in [6, 6.07) is 91.4. The summed E-state index contributed by atoms with van der Waals surface area (Å²) in [5, 5.41) is 15.4. The molecule has 13 aromatic rings. The van der Waals surface area contributed by atoms with E-state index in [1.165, 1.54) is 143 Å². The molecule has 0 atom stereocenters. The molecule has 0 heterocycles. The summed E-state index contributed by atoms with van der Waals surface area (Å²) in [6.07, 6.45) is 0. The summed E-state index contributed by atoms with van der Waals surface area (Å²) in [5.74, 6) is 0. The Hall–Kier alpha value is -8.58. The van der Waals surface area contributed by atoms with Gasteiger partial charge in [-0.3, -0.25) is 0 Å². The molecule has 0 bridgehead atoms. The molecule has 0 unspecified atom stereocenters. The molecule has 0 amide bonds. The summed E-state index contributed by atoms with van der Waals surface area (Å²) in [5.41, 5.74) is 17.8. The Morgan fingerprint density at radius 3 is 1.37 bits per heavy atom. The molecule has 0 heteroatoms. The minimum Gasteiger partial charge on any atom is -0.0619 e. The van der Waals surface area contributed by atoms with Crippen LogP contribution in [-0.2, 0) is 5.41 Å². The number of rotatable bonds is 3. The molecule has 0 nitrogen and oxygen atoms in total. The highest BCUT2D eigenvalue weighted by atomic mass is 14.5. The van der Waals surface area contributed by atoms with Gasteiger partial charge in [-0.05, 0) is 155 Å². The molecule has 0 fully saturated rings. The first kappa shape index (κ1) is 36.7. The molecule has 0 aromatic heterocycles. The molecule has 1 spiro atoms. The summed E-state index contributed by atoms with van der Waals surface area (Å²) in [7, 11) is 0. The molecule has 67 heavy (non-hydrogen) atoms. The van der Waals surface area contributed by atoms with Crippen LogP contribution in [0.4, 0.5) is 0 Å². The van der Waals surface area contributed by atoms with Gasteiger partial charge in [0.25, 0.3) is 0 Å². The van der Waals surface area contributed by atoms with E-state index in [4.69, 9.17) is 0 Å². The van der Waals surface area contributed by atoms with E-state index in [1.54, 1.807) is 0 Å². The minimum absolute atomic E-state index is 0.497. The quantitative estimate of drug-likeness (QED) is 0.123. The van der Waals surface area contributed by atoms with Gasteiger partial charge in [-0.15, -0.1) is 0 Å². The molecule has 308 valence electrons. The predicted octanol–water partition coefficient (Wildman–Crippen LogP) is 18.0.